The molecule has 29 heavy (non-hydrogen) atoms. The van der Waals surface area contributed by atoms with Crippen LogP contribution in [0.2, 0.25) is 0 Å². The summed E-state index contributed by atoms with van der Waals surface area (Å²) in [6.45, 7) is 2.09. The van der Waals surface area contributed by atoms with Crippen LogP contribution in [0.4, 0.5) is 0 Å². The van der Waals surface area contributed by atoms with Crippen LogP contribution in [-0.4, -0.2) is 33.2 Å². The van der Waals surface area contributed by atoms with Crippen molar-refractivity contribution in [3.63, 3.8) is 0 Å². The first-order chi connectivity index (χ1) is 14.0. The Bertz CT molecular complexity index is 658. The largest absolute Gasteiger partial charge is 0.481 e. The molecule has 3 N–H and O–H groups in total. The smallest absolute Gasteiger partial charge is 0.303 e. The lowest BCUT2D eigenvalue weighted by Crippen LogP contribution is -2.19. The second kappa shape index (κ2) is 12.6. The monoisotopic (exact) mass is 403 g/mol. The fourth-order valence-corrected chi connectivity index (χ4v) is 4.62. The number of carboxylic acids is 1. The molecule has 1 saturated carbocycles. The van der Waals surface area contributed by atoms with Crippen molar-refractivity contribution in [2.75, 3.05) is 0 Å². The Morgan fingerprint density at radius 1 is 1.17 bits per heavy atom. The lowest BCUT2D eigenvalue weighted by atomic mass is 9.85. The number of hydrogen-bond donors (Lipinski definition) is 3. The molecule has 0 radical (unpaired) electrons. The minimum absolute atomic E-state index is 0.258. The molecule has 0 aromatic heterocycles. The third-order valence-corrected chi connectivity index (χ3v) is 6.27. The van der Waals surface area contributed by atoms with Gasteiger partial charge in [0, 0.05) is 12.3 Å². The van der Waals surface area contributed by atoms with Gasteiger partial charge in [0.15, 0.2) is 0 Å². The minimum Gasteiger partial charge on any atom is -0.481 e. The van der Waals surface area contributed by atoms with Gasteiger partial charge >= 0.3 is 5.97 Å². The molecule has 1 fully saturated rings. The van der Waals surface area contributed by atoms with E-state index in [-0.39, 0.29) is 18.4 Å². The van der Waals surface area contributed by atoms with E-state index in [0.29, 0.717) is 5.92 Å². The highest BCUT2D eigenvalue weighted by molar-refractivity contribution is 5.88. The number of nitrogens with zero attached hydrogens (tertiary/aromatic N) is 1. The normalized spacial score (nSPS) is 21.5. The Labute approximate surface area is 174 Å². The van der Waals surface area contributed by atoms with Gasteiger partial charge in [-0.25, -0.2) is 0 Å². The zero-order valence-electron chi connectivity index (χ0n) is 17.7. The van der Waals surface area contributed by atoms with Gasteiger partial charge in [0.1, 0.15) is 0 Å². The van der Waals surface area contributed by atoms with E-state index in [4.69, 9.17) is 5.11 Å². The molecule has 162 valence electrons. The molecule has 0 spiro atoms. The Hall–Kier alpha value is -1.88. The molecular formula is C24H37NO4. The average Bonchev–Trinajstić information content (AvgIpc) is 3.09. The van der Waals surface area contributed by atoms with E-state index in [1.54, 1.807) is 0 Å². The van der Waals surface area contributed by atoms with Gasteiger partial charge < -0.3 is 15.4 Å². The fraction of sp³-hybridized carbons (Fsp3) is 0.667. The third kappa shape index (κ3) is 8.57. The number of rotatable bonds is 13. The Morgan fingerprint density at radius 2 is 1.97 bits per heavy atom. The molecule has 0 aliphatic heterocycles. The van der Waals surface area contributed by atoms with E-state index >= 15 is 0 Å². The molecular weight excluding hydrogens is 366 g/mol. The van der Waals surface area contributed by atoms with Gasteiger partial charge in [-0.3, -0.25) is 4.79 Å². The van der Waals surface area contributed by atoms with Gasteiger partial charge in [-0.15, -0.1) is 0 Å². The van der Waals surface area contributed by atoms with Gasteiger partial charge in [-0.05, 0) is 69.8 Å². The highest BCUT2D eigenvalue weighted by Crippen LogP contribution is 2.37. The number of aliphatic hydroxyl groups excluding tert-OH is 1. The minimum atomic E-state index is -0.717. The van der Waals surface area contributed by atoms with Crippen molar-refractivity contribution in [2.45, 2.75) is 90.1 Å². The summed E-state index contributed by atoms with van der Waals surface area (Å²) in [4.78, 5) is 10.6. The van der Waals surface area contributed by atoms with Gasteiger partial charge in [0.2, 0.25) is 0 Å². The molecule has 3 atom stereocenters. The number of carbonyl (C=O) groups is 1. The van der Waals surface area contributed by atoms with Gasteiger partial charge in [0.05, 0.1) is 11.8 Å². The molecule has 1 aromatic carbocycles. The number of unbranched alkanes of at least 4 members (excludes halogenated alkanes) is 3. The molecule has 0 bridgehead atoms. The quantitative estimate of drug-likeness (QED) is 0.235. The number of hydrogen-bond acceptors (Lipinski definition) is 4. The van der Waals surface area contributed by atoms with Crippen molar-refractivity contribution in [1.29, 1.82) is 0 Å². The number of oxime groups is 1. The highest BCUT2D eigenvalue weighted by atomic mass is 16.4. The van der Waals surface area contributed by atoms with Crippen molar-refractivity contribution in [1.82, 2.24) is 0 Å². The van der Waals surface area contributed by atoms with Crippen LogP contribution in [-0.2, 0) is 11.2 Å². The summed E-state index contributed by atoms with van der Waals surface area (Å²) in [6.07, 6.45) is 10.0. The molecule has 1 aliphatic rings. The Morgan fingerprint density at radius 3 is 2.69 bits per heavy atom. The second-order valence-corrected chi connectivity index (χ2v) is 8.60. The number of aliphatic carboxylic acids is 1. The maximum atomic E-state index is 10.6. The number of carboxylic acid groups (broad SMARTS) is 1. The zero-order chi connectivity index (χ0) is 21.1. The summed E-state index contributed by atoms with van der Waals surface area (Å²) in [5.41, 5.74) is 3.41. The van der Waals surface area contributed by atoms with E-state index in [2.05, 4.69) is 36.3 Å². The summed E-state index contributed by atoms with van der Waals surface area (Å²) >= 11 is 0. The lowest BCUT2D eigenvalue weighted by molar-refractivity contribution is -0.137. The Balaban J connectivity index is 1.71. The van der Waals surface area contributed by atoms with Crippen molar-refractivity contribution < 1.29 is 20.2 Å². The molecule has 2 rings (SSSR count). The first kappa shape index (κ1) is 23.4. The first-order valence-corrected chi connectivity index (χ1v) is 11.2. The number of aliphatic hydroxyl groups is 1. The van der Waals surface area contributed by atoms with Crippen LogP contribution < -0.4 is 0 Å². The maximum Gasteiger partial charge on any atom is 0.303 e. The van der Waals surface area contributed by atoms with Gasteiger partial charge in [0.25, 0.3) is 0 Å². The molecule has 1 aliphatic carbocycles. The topological polar surface area (TPSA) is 90.1 Å². The predicted octanol–water partition coefficient (Wildman–Crippen LogP) is 5.35. The molecule has 0 amide bonds. The molecule has 5 nitrogen and oxygen atoms in total. The standard InChI is InChI=1S/C24H37NO4/c1-18-7-6-8-19(17-18)11-13-21(26)14-15-22-20(12-16-23(22)25-29)9-4-2-3-5-10-24(27)28/h6-8,17,20-22,26,29H,2-5,9-16H2,1H3,(H,27,28)/b25-23-/t20-,21-,22?/m0/s1. The predicted molar refractivity (Wildman–Crippen MR) is 116 cm³/mol. The molecule has 5 heteroatoms. The molecule has 1 aromatic rings. The van der Waals surface area contributed by atoms with E-state index in [9.17, 15) is 15.1 Å². The number of benzene rings is 1. The van der Waals surface area contributed by atoms with Crippen LogP contribution in [0, 0.1) is 18.8 Å². The van der Waals surface area contributed by atoms with Gasteiger partial charge in [-0.1, -0.05) is 54.2 Å². The molecule has 1 unspecified atom stereocenters. The molecule has 0 saturated heterocycles. The summed E-state index contributed by atoms with van der Waals surface area (Å²) < 4.78 is 0. The van der Waals surface area contributed by atoms with Crippen molar-refractivity contribution in [3.05, 3.63) is 35.4 Å². The van der Waals surface area contributed by atoms with E-state index in [1.165, 1.54) is 11.1 Å². The highest BCUT2D eigenvalue weighted by Gasteiger charge is 2.32. The Kier molecular flexibility index (Phi) is 10.2. The summed E-state index contributed by atoms with van der Waals surface area (Å²) in [7, 11) is 0. The van der Waals surface area contributed by atoms with Crippen LogP contribution in [0.15, 0.2) is 29.4 Å². The summed E-state index contributed by atoms with van der Waals surface area (Å²) in [5, 5.41) is 32.1. The van der Waals surface area contributed by atoms with Crippen LogP contribution in [0.25, 0.3) is 0 Å². The maximum absolute atomic E-state index is 10.6. The van der Waals surface area contributed by atoms with Crippen molar-refractivity contribution in [2.24, 2.45) is 17.0 Å². The van der Waals surface area contributed by atoms with Crippen molar-refractivity contribution in [3.8, 4) is 0 Å². The van der Waals surface area contributed by atoms with E-state index < -0.39 is 5.97 Å². The third-order valence-electron chi connectivity index (χ3n) is 6.27. The van der Waals surface area contributed by atoms with Crippen molar-refractivity contribution >= 4 is 11.7 Å². The molecule has 0 heterocycles. The zero-order valence-corrected chi connectivity index (χ0v) is 17.7. The van der Waals surface area contributed by atoms with Gasteiger partial charge in [-0.2, -0.15) is 0 Å². The SMILES string of the molecule is Cc1cccc(CC[C@H](O)CCC2/C(=N\O)CC[C@@H]2CCCCCCC(=O)O)c1. The van der Waals surface area contributed by atoms with Crippen LogP contribution in [0.1, 0.15) is 81.8 Å². The summed E-state index contributed by atoms with van der Waals surface area (Å²) in [6, 6.07) is 8.43. The first-order valence-electron chi connectivity index (χ1n) is 11.2. The summed E-state index contributed by atoms with van der Waals surface area (Å²) in [5.74, 6) is 0.0719. The average molecular weight is 404 g/mol. The number of aryl methyl sites for hydroxylation is 2. The van der Waals surface area contributed by atoms with Crippen LogP contribution in [0.3, 0.4) is 0 Å². The second-order valence-electron chi connectivity index (χ2n) is 8.60. The lowest BCUT2D eigenvalue weighted by Gasteiger charge is -2.21. The van der Waals surface area contributed by atoms with Crippen LogP contribution in [0.5, 0.6) is 0 Å². The fourth-order valence-electron chi connectivity index (χ4n) is 4.62. The van der Waals surface area contributed by atoms with E-state index in [0.717, 1.165) is 76.3 Å². The van der Waals surface area contributed by atoms with E-state index in [1.807, 2.05) is 0 Å². The van der Waals surface area contributed by atoms with Crippen LogP contribution >= 0.6 is 0 Å².